The van der Waals surface area contributed by atoms with Crippen molar-refractivity contribution in [1.82, 2.24) is 4.98 Å². The number of anilines is 2. The van der Waals surface area contributed by atoms with Crippen LogP contribution in [0, 0.1) is 5.41 Å². The summed E-state index contributed by atoms with van der Waals surface area (Å²) in [5.41, 5.74) is 2.50. The molecule has 15 heavy (non-hydrogen) atoms. The molecule has 0 spiro atoms. The van der Waals surface area contributed by atoms with Crippen LogP contribution in [-0.2, 0) is 0 Å². The maximum Gasteiger partial charge on any atom is 0.0571 e. The lowest BCUT2D eigenvalue weighted by atomic mass is 9.96. The van der Waals surface area contributed by atoms with Crippen molar-refractivity contribution in [3.63, 3.8) is 0 Å². The Morgan fingerprint density at radius 1 is 1.33 bits per heavy atom. The standard InChI is InChI=1S/C12H21N3/c1-12(2,3)9-15(5)11-6-10(13-4)7-14-8-11/h6-8,13H,9H2,1-5H3. The summed E-state index contributed by atoms with van der Waals surface area (Å²) in [6.07, 6.45) is 3.72. The molecule has 3 heteroatoms. The second kappa shape index (κ2) is 4.51. The largest absolute Gasteiger partial charge is 0.387 e. The van der Waals surface area contributed by atoms with Crippen molar-refractivity contribution in [2.45, 2.75) is 20.8 Å². The average molecular weight is 207 g/mol. The molecule has 0 radical (unpaired) electrons. The Hall–Kier alpha value is -1.25. The van der Waals surface area contributed by atoms with Crippen molar-refractivity contribution in [3.05, 3.63) is 18.5 Å². The molecule has 0 aliphatic carbocycles. The zero-order valence-corrected chi connectivity index (χ0v) is 10.3. The second-order valence-corrected chi connectivity index (χ2v) is 5.10. The highest BCUT2D eigenvalue weighted by molar-refractivity contribution is 5.54. The number of rotatable bonds is 3. The highest BCUT2D eigenvalue weighted by Crippen LogP contribution is 2.21. The molecule has 0 saturated carbocycles. The molecule has 3 nitrogen and oxygen atoms in total. The summed E-state index contributed by atoms with van der Waals surface area (Å²) >= 11 is 0. The van der Waals surface area contributed by atoms with Crippen molar-refractivity contribution in [2.24, 2.45) is 5.41 Å². The molecule has 0 aliphatic heterocycles. The number of nitrogens with zero attached hydrogens (tertiary/aromatic N) is 2. The van der Waals surface area contributed by atoms with Crippen LogP contribution in [0.25, 0.3) is 0 Å². The van der Waals surface area contributed by atoms with Crippen molar-refractivity contribution in [1.29, 1.82) is 0 Å². The summed E-state index contributed by atoms with van der Waals surface area (Å²) in [4.78, 5) is 6.43. The summed E-state index contributed by atoms with van der Waals surface area (Å²) < 4.78 is 0. The van der Waals surface area contributed by atoms with Crippen LogP contribution in [0.4, 0.5) is 11.4 Å². The van der Waals surface area contributed by atoms with Gasteiger partial charge in [-0.2, -0.15) is 0 Å². The first-order valence-electron chi connectivity index (χ1n) is 5.26. The third kappa shape index (κ3) is 3.78. The normalized spacial score (nSPS) is 11.3. The number of hydrogen-bond donors (Lipinski definition) is 1. The van der Waals surface area contributed by atoms with Crippen LogP contribution in [0.3, 0.4) is 0 Å². The molecule has 1 heterocycles. The monoisotopic (exact) mass is 207 g/mol. The molecule has 0 atom stereocenters. The lowest BCUT2D eigenvalue weighted by Crippen LogP contribution is -2.29. The molecular formula is C12H21N3. The summed E-state index contributed by atoms with van der Waals surface area (Å²) in [6.45, 7) is 7.72. The first kappa shape index (κ1) is 11.8. The second-order valence-electron chi connectivity index (χ2n) is 5.10. The van der Waals surface area contributed by atoms with E-state index >= 15 is 0 Å². The fraction of sp³-hybridized carbons (Fsp3) is 0.583. The quantitative estimate of drug-likeness (QED) is 0.825. The van der Waals surface area contributed by atoms with Gasteiger partial charge in [0.05, 0.1) is 23.8 Å². The zero-order valence-electron chi connectivity index (χ0n) is 10.3. The molecular weight excluding hydrogens is 186 g/mol. The molecule has 84 valence electrons. The lowest BCUT2D eigenvalue weighted by Gasteiger charge is -2.28. The maximum atomic E-state index is 4.20. The molecule has 0 aromatic carbocycles. The van der Waals surface area contributed by atoms with Crippen molar-refractivity contribution < 1.29 is 0 Å². The smallest absolute Gasteiger partial charge is 0.0571 e. The molecule has 1 rings (SSSR count). The molecule has 0 fully saturated rings. The minimum atomic E-state index is 0.296. The van der Waals surface area contributed by atoms with E-state index in [1.807, 2.05) is 19.4 Å². The van der Waals surface area contributed by atoms with Crippen LogP contribution in [0.5, 0.6) is 0 Å². The van der Waals surface area contributed by atoms with Gasteiger partial charge in [0.1, 0.15) is 0 Å². The van der Waals surface area contributed by atoms with E-state index < -0.39 is 0 Å². The van der Waals surface area contributed by atoms with Gasteiger partial charge in [0.2, 0.25) is 0 Å². The topological polar surface area (TPSA) is 28.2 Å². The van der Waals surface area contributed by atoms with E-state index in [0.717, 1.165) is 17.9 Å². The number of pyridine rings is 1. The van der Waals surface area contributed by atoms with Crippen molar-refractivity contribution >= 4 is 11.4 Å². The molecule has 0 aliphatic rings. The Kier molecular flexibility index (Phi) is 3.56. The zero-order chi connectivity index (χ0) is 11.5. The van der Waals surface area contributed by atoms with Gasteiger partial charge in [-0.15, -0.1) is 0 Å². The molecule has 1 N–H and O–H groups in total. The van der Waals surface area contributed by atoms with Gasteiger partial charge in [0.25, 0.3) is 0 Å². The van der Waals surface area contributed by atoms with Gasteiger partial charge < -0.3 is 10.2 Å². The Morgan fingerprint density at radius 2 is 2.00 bits per heavy atom. The van der Waals surface area contributed by atoms with Crippen LogP contribution in [-0.4, -0.2) is 25.6 Å². The van der Waals surface area contributed by atoms with Gasteiger partial charge in [-0.3, -0.25) is 4.98 Å². The minimum Gasteiger partial charge on any atom is -0.387 e. The van der Waals surface area contributed by atoms with Gasteiger partial charge in [0, 0.05) is 20.6 Å². The van der Waals surface area contributed by atoms with Crippen LogP contribution in [0.15, 0.2) is 18.5 Å². The van der Waals surface area contributed by atoms with E-state index in [9.17, 15) is 0 Å². The Balaban J connectivity index is 2.77. The van der Waals surface area contributed by atoms with Crippen molar-refractivity contribution in [3.8, 4) is 0 Å². The fourth-order valence-corrected chi connectivity index (χ4v) is 1.58. The Bertz CT molecular complexity index is 315. The van der Waals surface area contributed by atoms with E-state index in [2.05, 4.69) is 49.1 Å². The van der Waals surface area contributed by atoms with E-state index in [1.165, 1.54) is 0 Å². The lowest BCUT2D eigenvalue weighted by molar-refractivity contribution is 0.419. The highest BCUT2D eigenvalue weighted by Gasteiger charge is 2.14. The van der Waals surface area contributed by atoms with Crippen LogP contribution in [0.1, 0.15) is 20.8 Å². The molecule has 0 saturated heterocycles. The van der Waals surface area contributed by atoms with E-state index in [4.69, 9.17) is 0 Å². The molecule has 0 bridgehead atoms. The van der Waals surface area contributed by atoms with Crippen LogP contribution >= 0.6 is 0 Å². The number of aromatic nitrogens is 1. The summed E-state index contributed by atoms with van der Waals surface area (Å²) in [5, 5.41) is 3.10. The van der Waals surface area contributed by atoms with E-state index in [1.54, 1.807) is 0 Å². The first-order valence-corrected chi connectivity index (χ1v) is 5.26. The third-order valence-corrected chi connectivity index (χ3v) is 2.16. The Morgan fingerprint density at radius 3 is 2.53 bits per heavy atom. The number of nitrogens with one attached hydrogen (secondary N) is 1. The van der Waals surface area contributed by atoms with Crippen LogP contribution in [0.2, 0.25) is 0 Å². The van der Waals surface area contributed by atoms with Gasteiger partial charge >= 0.3 is 0 Å². The molecule has 1 aromatic heterocycles. The van der Waals surface area contributed by atoms with Gasteiger partial charge in [-0.1, -0.05) is 20.8 Å². The first-order chi connectivity index (χ1) is 6.92. The van der Waals surface area contributed by atoms with E-state index in [0.29, 0.717) is 5.41 Å². The highest BCUT2D eigenvalue weighted by atomic mass is 15.1. The van der Waals surface area contributed by atoms with Crippen molar-refractivity contribution in [2.75, 3.05) is 30.9 Å². The molecule has 0 unspecified atom stereocenters. The van der Waals surface area contributed by atoms with E-state index in [-0.39, 0.29) is 0 Å². The SMILES string of the molecule is CNc1cncc(N(C)CC(C)(C)C)c1. The summed E-state index contributed by atoms with van der Waals surface area (Å²) in [6, 6.07) is 2.11. The summed E-state index contributed by atoms with van der Waals surface area (Å²) in [5.74, 6) is 0. The minimum absolute atomic E-state index is 0.296. The molecule has 0 amide bonds. The van der Waals surface area contributed by atoms with Gasteiger partial charge in [0.15, 0.2) is 0 Å². The Labute approximate surface area is 92.5 Å². The fourth-order valence-electron chi connectivity index (χ4n) is 1.58. The predicted octanol–water partition coefficient (Wildman–Crippen LogP) is 2.61. The van der Waals surface area contributed by atoms with Crippen LogP contribution < -0.4 is 10.2 Å². The van der Waals surface area contributed by atoms with Gasteiger partial charge in [-0.05, 0) is 11.5 Å². The third-order valence-electron chi connectivity index (χ3n) is 2.16. The summed E-state index contributed by atoms with van der Waals surface area (Å²) in [7, 11) is 4.01. The average Bonchev–Trinajstić information content (AvgIpc) is 2.15. The predicted molar refractivity (Wildman–Crippen MR) is 66.5 cm³/mol. The molecule has 1 aromatic rings. The van der Waals surface area contributed by atoms with Gasteiger partial charge in [-0.25, -0.2) is 0 Å². The maximum absolute atomic E-state index is 4.20. The number of hydrogen-bond acceptors (Lipinski definition) is 3.